The Morgan fingerprint density at radius 3 is 2.58 bits per heavy atom. The second kappa shape index (κ2) is 11.5. The third kappa shape index (κ3) is 6.57. The first-order chi connectivity index (χ1) is 17.3. The van der Waals surface area contributed by atoms with Gasteiger partial charge >= 0.3 is 5.97 Å². The maximum Gasteiger partial charge on any atom is 0.306 e. The minimum Gasteiger partial charge on any atom is -0.481 e. The number of thiazole rings is 1. The summed E-state index contributed by atoms with van der Waals surface area (Å²) in [6.07, 6.45) is 6.59. The number of pyridine rings is 2. The molecule has 0 atom stereocenters. The summed E-state index contributed by atoms with van der Waals surface area (Å²) in [6, 6.07) is 9.68. The zero-order chi connectivity index (χ0) is 25.7. The van der Waals surface area contributed by atoms with Gasteiger partial charge in [-0.25, -0.2) is 15.0 Å². The first-order valence-electron chi connectivity index (χ1n) is 12.1. The van der Waals surface area contributed by atoms with Crippen molar-refractivity contribution in [3.05, 3.63) is 48.3 Å². The first-order valence-corrected chi connectivity index (χ1v) is 12.9. The van der Waals surface area contributed by atoms with Crippen molar-refractivity contribution < 1.29 is 14.7 Å². The van der Waals surface area contributed by atoms with Crippen LogP contribution in [-0.4, -0.2) is 64.0 Å². The van der Waals surface area contributed by atoms with Crippen molar-refractivity contribution in [1.29, 1.82) is 0 Å². The number of aryl methyl sites for hydroxylation is 1. The van der Waals surface area contributed by atoms with E-state index in [1.165, 1.54) is 11.3 Å². The number of carboxylic acids is 1. The molecule has 0 radical (unpaired) electrons. The molecule has 1 aliphatic carbocycles. The number of likely N-dealkylation sites (N-methyl/N-ethyl adjacent to an activating group) is 1. The maximum atomic E-state index is 12.6. The van der Waals surface area contributed by atoms with E-state index in [-0.39, 0.29) is 18.4 Å². The lowest BCUT2D eigenvalue weighted by Gasteiger charge is -2.31. The van der Waals surface area contributed by atoms with Crippen LogP contribution in [0.3, 0.4) is 0 Å². The first kappa shape index (κ1) is 25.6. The summed E-state index contributed by atoms with van der Waals surface area (Å²) in [4.78, 5) is 42.1. The van der Waals surface area contributed by atoms with Gasteiger partial charge in [-0.3, -0.25) is 9.59 Å². The number of hydrogen-bond acceptors (Lipinski definition) is 8. The molecule has 36 heavy (non-hydrogen) atoms. The van der Waals surface area contributed by atoms with Gasteiger partial charge in [0.05, 0.1) is 23.0 Å². The highest BCUT2D eigenvalue weighted by molar-refractivity contribution is 7.18. The van der Waals surface area contributed by atoms with Gasteiger partial charge in [0.1, 0.15) is 11.6 Å². The van der Waals surface area contributed by atoms with Crippen LogP contribution in [0.25, 0.3) is 10.6 Å². The molecule has 190 valence electrons. The zero-order valence-corrected chi connectivity index (χ0v) is 21.7. The molecule has 0 saturated heterocycles. The van der Waals surface area contributed by atoms with Crippen LogP contribution in [0, 0.1) is 18.8 Å². The molecule has 0 bridgehead atoms. The number of amides is 1. The van der Waals surface area contributed by atoms with Crippen LogP contribution < -0.4 is 10.2 Å². The van der Waals surface area contributed by atoms with E-state index in [0.29, 0.717) is 31.1 Å². The molecule has 0 aliphatic heterocycles. The fourth-order valence-corrected chi connectivity index (χ4v) is 5.22. The topological polar surface area (TPSA) is 112 Å². The van der Waals surface area contributed by atoms with E-state index in [1.54, 1.807) is 31.4 Å². The normalized spacial score (nSPS) is 17.4. The summed E-state index contributed by atoms with van der Waals surface area (Å²) in [6.45, 7) is 2.92. The summed E-state index contributed by atoms with van der Waals surface area (Å²) in [5.74, 6) is 0.786. The molecule has 0 unspecified atom stereocenters. The molecule has 0 aromatic carbocycles. The maximum absolute atomic E-state index is 12.6. The molecule has 1 saturated carbocycles. The van der Waals surface area contributed by atoms with E-state index in [2.05, 4.69) is 15.3 Å². The molecule has 1 amide bonds. The van der Waals surface area contributed by atoms with E-state index < -0.39 is 5.97 Å². The second-order valence-electron chi connectivity index (χ2n) is 9.48. The largest absolute Gasteiger partial charge is 0.481 e. The number of rotatable bonds is 9. The number of hydrogen-bond donors (Lipinski definition) is 2. The molecule has 10 heteroatoms. The van der Waals surface area contributed by atoms with Crippen molar-refractivity contribution >= 4 is 40.0 Å². The number of nitrogens with one attached hydrogen (secondary N) is 1. The Hall–Kier alpha value is -3.53. The highest BCUT2D eigenvalue weighted by Crippen LogP contribution is 2.34. The second-order valence-corrected chi connectivity index (χ2v) is 10.5. The van der Waals surface area contributed by atoms with Crippen molar-refractivity contribution in [2.24, 2.45) is 11.8 Å². The SMILES string of the molecule is Cc1ccnc(Nc2cccc(-c3cnc(N(CC(=O)N(C)C)C[C@H]4CC[C@H](C(=O)O)CC4)s3)n2)c1. The summed E-state index contributed by atoms with van der Waals surface area (Å²) in [7, 11) is 3.49. The molecule has 3 heterocycles. The highest BCUT2D eigenvalue weighted by atomic mass is 32.1. The van der Waals surface area contributed by atoms with Crippen molar-refractivity contribution in [3.63, 3.8) is 0 Å². The molecule has 3 aromatic rings. The van der Waals surface area contributed by atoms with E-state index in [4.69, 9.17) is 4.98 Å². The lowest BCUT2D eigenvalue weighted by atomic mass is 9.82. The van der Waals surface area contributed by atoms with E-state index in [1.807, 2.05) is 42.2 Å². The lowest BCUT2D eigenvalue weighted by Crippen LogP contribution is -2.40. The zero-order valence-electron chi connectivity index (χ0n) is 20.8. The van der Waals surface area contributed by atoms with Gasteiger partial charge in [0, 0.05) is 33.0 Å². The predicted molar refractivity (Wildman–Crippen MR) is 142 cm³/mol. The standard InChI is InChI=1S/C26H32N6O3S/c1-17-11-12-27-23(13-17)30-22-6-4-5-20(29-22)21-14-28-26(36-21)32(16-24(33)31(2)3)15-18-7-9-19(10-8-18)25(34)35/h4-6,11-14,18-19H,7-10,15-16H2,1-3H3,(H,34,35)(H,27,29,30)/t18-,19-. The molecular weight excluding hydrogens is 476 g/mol. The summed E-state index contributed by atoms with van der Waals surface area (Å²) in [5, 5.41) is 13.3. The minimum absolute atomic E-state index is 0.000879. The van der Waals surface area contributed by atoms with Crippen LogP contribution >= 0.6 is 11.3 Å². The van der Waals surface area contributed by atoms with Crippen molar-refractivity contribution in [1.82, 2.24) is 19.9 Å². The highest BCUT2D eigenvalue weighted by Gasteiger charge is 2.28. The van der Waals surface area contributed by atoms with Crippen molar-refractivity contribution in [3.8, 4) is 10.6 Å². The van der Waals surface area contributed by atoms with Crippen LogP contribution in [0.5, 0.6) is 0 Å². The van der Waals surface area contributed by atoms with Crippen LogP contribution in [-0.2, 0) is 9.59 Å². The Balaban J connectivity index is 1.50. The number of anilines is 3. The molecule has 0 spiro atoms. The van der Waals surface area contributed by atoms with Gasteiger partial charge in [-0.15, -0.1) is 0 Å². The van der Waals surface area contributed by atoms with Gasteiger partial charge in [0.25, 0.3) is 0 Å². The third-order valence-corrected chi connectivity index (χ3v) is 7.52. The molecular formula is C26H32N6O3S. The van der Waals surface area contributed by atoms with E-state index >= 15 is 0 Å². The van der Waals surface area contributed by atoms with Gasteiger partial charge in [-0.2, -0.15) is 0 Å². The Morgan fingerprint density at radius 1 is 1.11 bits per heavy atom. The number of aliphatic carboxylic acids is 1. The summed E-state index contributed by atoms with van der Waals surface area (Å²) in [5.41, 5.74) is 1.90. The number of carbonyl (C=O) groups excluding carboxylic acids is 1. The number of aromatic nitrogens is 3. The van der Waals surface area contributed by atoms with Gasteiger partial charge in [-0.05, 0) is 68.4 Å². The monoisotopic (exact) mass is 508 g/mol. The van der Waals surface area contributed by atoms with Gasteiger partial charge in [-0.1, -0.05) is 17.4 Å². The molecule has 4 rings (SSSR count). The van der Waals surface area contributed by atoms with E-state index in [9.17, 15) is 14.7 Å². The molecule has 1 fully saturated rings. The number of carbonyl (C=O) groups is 2. The summed E-state index contributed by atoms with van der Waals surface area (Å²) < 4.78 is 0. The Bertz CT molecular complexity index is 1210. The Morgan fingerprint density at radius 2 is 1.89 bits per heavy atom. The van der Waals surface area contributed by atoms with E-state index in [0.717, 1.165) is 39.9 Å². The molecule has 9 nitrogen and oxygen atoms in total. The molecule has 1 aliphatic rings. The minimum atomic E-state index is -0.708. The van der Waals surface area contributed by atoms with Crippen LogP contribution in [0.2, 0.25) is 0 Å². The van der Waals surface area contributed by atoms with Crippen LogP contribution in [0.4, 0.5) is 16.8 Å². The summed E-state index contributed by atoms with van der Waals surface area (Å²) >= 11 is 1.50. The van der Waals surface area contributed by atoms with Gasteiger partial charge < -0.3 is 20.2 Å². The van der Waals surface area contributed by atoms with Gasteiger partial charge in [0.15, 0.2) is 5.13 Å². The predicted octanol–water partition coefficient (Wildman–Crippen LogP) is 4.44. The number of nitrogens with zero attached hydrogens (tertiary/aromatic N) is 5. The van der Waals surface area contributed by atoms with Crippen molar-refractivity contribution in [2.45, 2.75) is 32.6 Å². The average molecular weight is 509 g/mol. The Labute approximate surface area is 215 Å². The average Bonchev–Trinajstić information content (AvgIpc) is 3.34. The Kier molecular flexibility index (Phi) is 8.14. The van der Waals surface area contributed by atoms with Crippen LogP contribution in [0.1, 0.15) is 31.2 Å². The lowest BCUT2D eigenvalue weighted by molar-refractivity contribution is -0.143. The fourth-order valence-electron chi connectivity index (χ4n) is 4.33. The smallest absolute Gasteiger partial charge is 0.306 e. The quantitative estimate of drug-likeness (QED) is 0.436. The van der Waals surface area contributed by atoms with Gasteiger partial charge in [0.2, 0.25) is 5.91 Å². The molecule has 2 N–H and O–H groups in total. The number of carboxylic acid groups (broad SMARTS) is 1. The fraction of sp³-hybridized carbons (Fsp3) is 0.423. The van der Waals surface area contributed by atoms with Crippen LogP contribution in [0.15, 0.2) is 42.7 Å². The molecule has 3 aromatic heterocycles. The third-order valence-electron chi connectivity index (χ3n) is 6.44. The van der Waals surface area contributed by atoms with Crippen molar-refractivity contribution in [2.75, 3.05) is 37.4 Å².